The van der Waals surface area contributed by atoms with Gasteiger partial charge in [-0.3, -0.25) is 4.79 Å². The molecular formula is C22H22N2O3S. The molecule has 6 heteroatoms. The van der Waals surface area contributed by atoms with E-state index >= 15 is 0 Å². The molecule has 3 aromatic rings. The summed E-state index contributed by atoms with van der Waals surface area (Å²) in [6.45, 7) is 1.18. The van der Waals surface area contributed by atoms with Gasteiger partial charge in [0.15, 0.2) is 9.84 Å². The van der Waals surface area contributed by atoms with Crippen molar-refractivity contribution in [3.63, 3.8) is 0 Å². The van der Waals surface area contributed by atoms with Crippen LogP contribution >= 0.6 is 0 Å². The van der Waals surface area contributed by atoms with E-state index in [1.54, 1.807) is 29.2 Å². The van der Waals surface area contributed by atoms with E-state index in [4.69, 9.17) is 0 Å². The van der Waals surface area contributed by atoms with Crippen molar-refractivity contribution in [2.45, 2.75) is 12.2 Å². The Morgan fingerprint density at radius 1 is 1.14 bits per heavy atom. The van der Waals surface area contributed by atoms with Gasteiger partial charge in [0.1, 0.15) is 0 Å². The summed E-state index contributed by atoms with van der Waals surface area (Å²) in [6, 6.07) is 15.1. The number of hydrogen-bond acceptors (Lipinski definition) is 3. The summed E-state index contributed by atoms with van der Waals surface area (Å²) in [6.07, 6.45) is 6.12. The lowest BCUT2D eigenvalue weighted by Gasteiger charge is -2.26. The molecule has 2 heterocycles. The number of carbonyl (C=O) groups excluding carboxylic acids is 1. The van der Waals surface area contributed by atoms with Crippen LogP contribution in [-0.2, 0) is 15.6 Å². The Kier molecular flexibility index (Phi) is 4.81. The van der Waals surface area contributed by atoms with E-state index in [2.05, 4.69) is 23.2 Å². The first-order valence-corrected chi connectivity index (χ1v) is 11.3. The predicted octanol–water partition coefficient (Wildman–Crippen LogP) is 3.64. The zero-order valence-corrected chi connectivity index (χ0v) is 16.5. The second kappa shape index (κ2) is 7.28. The van der Waals surface area contributed by atoms with Gasteiger partial charge in [0.05, 0.1) is 5.75 Å². The first kappa shape index (κ1) is 18.5. The fraction of sp³-hybridized carbons (Fsp3) is 0.227. The lowest BCUT2D eigenvalue weighted by Crippen LogP contribution is -2.34. The number of amides is 1. The molecule has 1 aliphatic heterocycles. The molecule has 144 valence electrons. The molecule has 5 nitrogen and oxygen atoms in total. The highest BCUT2D eigenvalue weighted by molar-refractivity contribution is 7.89. The summed E-state index contributed by atoms with van der Waals surface area (Å²) in [7, 11) is -3.13. The summed E-state index contributed by atoms with van der Waals surface area (Å²) in [4.78, 5) is 18.0. The zero-order valence-electron chi connectivity index (χ0n) is 15.7. The molecule has 0 aliphatic carbocycles. The van der Waals surface area contributed by atoms with Crippen molar-refractivity contribution in [2.24, 2.45) is 0 Å². The van der Waals surface area contributed by atoms with Crippen molar-refractivity contribution < 1.29 is 13.2 Å². The van der Waals surface area contributed by atoms with Crippen molar-refractivity contribution in [2.75, 3.05) is 19.3 Å². The van der Waals surface area contributed by atoms with Crippen LogP contribution in [0.15, 0.2) is 60.8 Å². The topological polar surface area (TPSA) is 70.2 Å². The highest BCUT2D eigenvalue weighted by Gasteiger charge is 2.21. The smallest absolute Gasteiger partial charge is 0.254 e. The van der Waals surface area contributed by atoms with Gasteiger partial charge in [0.2, 0.25) is 0 Å². The molecule has 0 saturated carbocycles. The lowest BCUT2D eigenvalue weighted by molar-refractivity contribution is 0.0773. The van der Waals surface area contributed by atoms with Crippen LogP contribution in [0.4, 0.5) is 0 Å². The molecule has 0 atom stereocenters. The van der Waals surface area contributed by atoms with Crippen LogP contribution in [0.3, 0.4) is 0 Å². The van der Waals surface area contributed by atoms with Gasteiger partial charge in [0, 0.05) is 47.6 Å². The zero-order chi connectivity index (χ0) is 19.7. The minimum Gasteiger partial charge on any atom is -0.361 e. The quantitative estimate of drug-likeness (QED) is 0.734. The minimum absolute atomic E-state index is 0.0568. The van der Waals surface area contributed by atoms with E-state index in [0.717, 1.165) is 11.9 Å². The Morgan fingerprint density at radius 3 is 2.71 bits per heavy atom. The van der Waals surface area contributed by atoms with Crippen LogP contribution in [0, 0.1) is 0 Å². The van der Waals surface area contributed by atoms with Crippen LogP contribution in [-0.4, -0.2) is 43.6 Å². The van der Waals surface area contributed by atoms with Gasteiger partial charge >= 0.3 is 0 Å². The fourth-order valence-electron chi connectivity index (χ4n) is 3.71. The Morgan fingerprint density at radius 2 is 1.96 bits per heavy atom. The van der Waals surface area contributed by atoms with Crippen molar-refractivity contribution in [1.82, 2.24) is 9.88 Å². The van der Waals surface area contributed by atoms with Gasteiger partial charge in [-0.05, 0) is 35.8 Å². The molecule has 2 aromatic carbocycles. The molecule has 0 bridgehead atoms. The second-order valence-corrected chi connectivity index (χ2v) is 9.39. The van der Waals surface area contributed by atoms with E-state index < -0.39 is 9.84 Å². The first-order valence-electron chi connectivity index (χ1n) is 9.22. The van der Waals surface area contributed by atoms with E-state index in [1.807, 2.05) is 18.3 Å². The third-order valence-electron chi connectivity index (χ3n) is 5.03. The van der Waals surface area contributed by atoms with Crippen molar-refractivity contribution in [3.8, 4) is 0 Å². The molecule has 1 aliphatic rings. The lowest BCUT2D eigenvalue weighted by atomic mass is 9.98. The number of aromatic nitrogens is 1. The monoisotopic (exact) mass is 394 g/mol. The maximum Gasteiger partial charge on any atom is 0.254 e. The third kappa shape index (κ3) is 3.87. The molecule has 28 heavy (non-hydrogen) atoms. The highest BCUT2D eigenvalue weighted by atomic mass is 32.2. The Bertz CT molecular complexity index is 1180. The number of carbonyl (C=O) groups is 1. The van der Waals surface area contributed by atoms with Gasteiger partial charge in [-0.15, -0.1) is 0 Å². The normalized spacial score (nSPS) is 14.9. The van der Waals surface area contributed by atoms with Crippen LogP contribution in [0.5, 0.6) is 0 Å². The SMILES string of the molecule is CS(=O)(=O)Cc1cccc(C(=O)N2CC=C(c3c[nH]c4ccccc34)CC2)c1. The molecule has 0 fully saturated rings. The standard InChI is InChI=1S/C22H22N2O3S/c1-28(26,27)15-16-5-4-6-18(13-16)22(25)24-11-9-17(10-12-24)20-14-23-21-8-3-2-7-19(20)21/h2-9,13-14,23H,10-12,15H2,1H3. The van der Waals surface area contributed by atoms with Crippen LogP contribution in [0.2, 0.25) is 0 Å². The van der Waals surface area contributed by atoms with E-state index in [1.165, 1.54) is 22.8 Å². The summed E-state index contributed by atoms with van der Waals surface area (Å²) in [5.74, 6) is -0.122. The fourth-order valence-corrected chi connectivity index (χ4v) is 4.50. The van der Waals surface area contributed by atoms with E-state index in [-0.39, 0.29) is 11.7 Å². The molecule has 0 spiro atoms. The number of nitrogens with one attached hydrogen (secondary N) is 1. The van der Waals surface area contributed by atoms with Gasteiger partial charge in [0.25, 0.3) is 5.91 Å². The number of aromatic amines is 1. The average Bonchev–Trinajstić information content (AvgIpc) is 3.10. The van der Waals surface area contributed by atoms with Crippen LogP contribution in [0.25, 0.3) is 16.5 Å². The molecular weight excluding hydrogens is 372 g/mol. The minimum atomic E-state index is -3.13. The maximum atomic E-state index is 12.9. The summed E-state index contributed by atoms with van der Waals surface area (Å²) in [5.41, 5.74) is 4.72. The molecule has 0 saturated heterocycles. The number of nitrogens with zero attached hydrogens (tertiary/aromatic N) is 1. The number of para-hydroxylation sites is 1. The number of hydrogen-bond donors (Lipinski definition) is 1. The van der Waals surface area contributed by atoms with Crippen LogP contribution < -0.4 is 0 Å². The van der Waals surface area contributed by atoms with Gasteiger partial charge in [-0.1, -0.05) is 36.4 Å². The highest BCUT2D eigenvalue weighted by Crippen LogP contribution is 2.29. The third-order valence-corrected chi connectivity index (χ3v) is 5.89. The van der Waals surface area contributed by atoms with Gasteiger partial charge < -0.3 is 9.88 Å². The molecule has 1 aromatic heterocycles. The molecule has 0 unspecified atom stereocenters. The Labute approximate surface area is 164 Å². The maximum absolute atomic E-state index is 12.9. The number of benzene rings is 2. The summed E-state index contributed by atoms with van der Waals surface area (Å²) in [5, 5.41) is 1.20. The van der Waals surface area contributed by atoms with Crippen molar-refractivity contribution >= 4 is 32.2 Å². The van der Waals surface area contributed by atoms with Crippen LogP contribution in [0.1, 0.15) is 27.9 Å². The largest absolute Gasteiger partial charge is 0.361 e. The Balaban J connectivity index is 1.52. The first-order chi connectivity index (χ1) is 13.4. The summed E-state index contributed by atoms with van der Waals surface area (Å²) < 4.78 is 23.0. The van der Waals surface area contributed by atoms with Crippen molar-refractivity contribution in [1.29, 1.82) is 0 Å². The average molecular weight is 394 g/mol. The molecule has 1 amide bonds. The second-order valence-electron chi connectivity index (χ2n) is 7.25. The number of rotatable bonds is 4. The molecule has 0 radical (unpaired) electrons. The van der Waals surface area contributed by atoms with Crippen molar-refractivity contribution in [3.05, 3.63) is 77.5 Å². The predicted molar refractivity (Wildman–Crippen MR) is 112 cm³/mol. The Hall–Kier alpha value is -2.86. The number of sulfone groups is 1. The van der Waals surface area contributed by atoms with Gasteiger partial charge in [-0.2, -0.15) is 0 Å². The summed E-state index contributed by atoms with van der Waals surface area (Å²) >= 11 is 0. The molecule has 4 rings (SSSR count). The van der Waals surface area contributed by atoms with E-state index in [9.17, 15) is 13.2 Å². The molecule has 1 N–H and O–H groups in total. The number of fused-ring (bicyclic) bond motifs is 1. The van der Waals surface area contributed by atoms with Gasteiger partial charge in [-0.25, -0.2) is 8.42 Å². The van der Waals surface area contributed by atoms with E-state index in [0.29, 0.717) is 24.2 Å². The number of H-pyrrole nitrogens is 1.